The average molecular weight is 363 g/mol. The molecule has 1 heterocycles. The van der Waals surface area contributed by atoms with E-state index < -0.39 is 0 Å². The van der Waals surface area contributed by atoms with Crippen molar-refractivity contribution in [3.05, 3.63) is 29.3 Å². The van der Waals surface area contributed by atoms with Crippen LogP contribution in [0.1, 0.15) is 38.8 Å². The molecule has 1 amide bonds. The normalized spacial score (nSPS) is 17.7. The minimum absolute atomic E-state index is 0.0316. The van der Waals surface area contributed by atoms with Crippen LogP contribution in [-0.2, 0) is 9.53 Å². The Balaban J connectivity index is 2.02. The molecule has 1 aromatic carbocycles. The van der Waals surface area contributed by atoms with E-state index in [4.69, 9.17) is 9.47 Å². The van der Waals surface area contributed by atoms with Gasteiger partial charge in [-0.1, -0.05) is 39.0 Å². The molecule has 1 aliphatic rings. The fourth-order valence-corrected chi connectivity index (χ4v) is 3.17. The summed E-state index contributed by atoms with van der Waals surface area (Å²) in [4.78, 5) is 14.6. The Hall–Kier alpha value is -1.59. The van der Waals surface area contributed by atoms with Gasteiger partial charge in [-0.15, -0.1) is 0 Å². The zero-order valence-corrected chi connectivity index (χ0v) is 17.1. The van der Waals surface area contributed by atoms with Crippen molar-refractivity contribution >= 4 is 5.91 Å². The third-order valence-corrected chi connectivity index (χ3v) is 4.99. The summed E-state index contributed by atoms with van der Waals surface area (Å²) in [5.74, 6) is 1.07. The standard InChI is InChI=1S/C21H34N2O3/c1-15-8-7-9-16(2)19(15)26-14-18(21(4,5)6)22-17(3)20(24)23-10-12-25-13-11-23/h7-9,17-18,22H,10-14H2,1-6H3. The highest BCUT2D eigenvalue weighted by Crippen LogP contribution is 2.25. The van der Waals surface area contributed by atoms with E-state index in [1.54, 1.807) is 0 Å². The minimum Gasteiger partial charge on any atom is -0.491 e. The summed E-state index contributed by atoms with van der Waals surface area (Å²) in [6.07, 6.45) is 0. The fraction of sp³-hybridized carbons (Fsp3) is 0.667. The number of morpholine rings is 1. The van der Waals surface area contributed by atoms with Gasteiger partial charge < -0.3 is 14.4 Å². The van der Waals surface area contributed by atoms with Crippen LogP contribution in [0.2, 0.25) is 0 Å². The predicted octanol–water partition coefficient (Wildman–Crippen LogP) is 2.93. The highest BCUT2D eigenvalue weighted by atomic mass is 16.5. The molecule has 2 unspecified atom stereocenters. The van der Waals surface area contributed by atoms with Crippen molar-refractivity contribution in [2.75, 3.05) is 32.9 Å². The fourth-order valence-electron chi connectivity index (χ4n) is 3.17. The van der Waals surface area contributed by atoms with E-state index >= 15 is 0 Å². The van der Waals surface area contributed by atoms with Gasteiger partial charge in [-0.3, -0.25) is 10.1 Å². The topological polar surface area (TPSA) is 50.8 Å². The number of nitrogens with zero attached hydrogens (tertiary/aromatic N) is 1. The summed E-state index contributed by atoms with van der Waals surface area (Å²) in [6, 6.07) is 5.97. The van der Waals surface area contributed by atoms with Crippen molar-refractivity contribution in [3.8, 4) is 5.75 Å². The third-order valence-electron chi connectivity index (χ3n) is 4.99. The van der Waals surface area contributed by atoms with Crippen LogP contribution >= 0.6 is 0 Å². The van der Waals surface area contributed by atoms with Crippen LogP contribution in [0.5, 0.6) is 5.75 Å². The number of para-hydroxylation sites is 1. The lowest BCUT2D eigenvalue weighted by Gasteiger charge is -2.36. The molecule has 5 nitrogen and oxygen atoms in total. The lowest BCUT2D eigenvalue weighted by Crippen LogP contribution is -2.55. The number of nitrogens with one attached hydrogen (secondary N) is 1. The minimum atomic E-state index is -0.251. The Bertz CT molecular complexity index is 584. The number of amides is 1. The lowest BCUT2D eigenvalue weighted by atomic mass is 9.86. The van der Waals surface area contributed by atoms with Crippen molar-refractivity contribution < 1.29 is 14.3 Å². The van der Waals surface area contributed by atoms with Gasteiger partial charge in [0.1, 0.15) is 12.4 Å². The summed E-state index contributed by atoms with van der Waals surface area (Å²) in [7, 11) is 0. The van der Waals surface area contributed by atoms with Crippen LogP contribution in [0.15, 0.2) is 18.2 Å². The molecule has 0 spiro atoms. The number of hydrogen-bond donors (Lipinski definition) is 1. The van der Waals surface area contributed by atoms with Crippen LogP contribution in [0, 0.1) is 19.3 Å². The summed E-state index contributed by atoms with van der Waals surface area (Å²) in [5, 5.41) is 3.51. The van der Waals surface area contributed by atoms with Gasteiger partial charge in [-0.2, -0.15) is 0 Å². The second-order valence-electron chi connectivity index (χ2n) is 8.28. The van der Waals surface area contributed by atoms with E-state index in [1.165, 1.54) is 0 Å². The zero-order chi connectivity index (χ0) is 19.3. The number of benzene rings is 1. The molecule has 0 bridgehead atoms. The molecule has 146 valence electrons. The maximum absolute atomic E-state index is 12.7. The first kappa shape index (κ1) is 20.7. The highest BCUT2D eigenvalue weighted by molar-refractivity contribution is 5.81. The Labute approximate surface area is 158 Å². The molecule has 1 fully saturated rings. The first-order valence-electron chi connectivity index (χ1n) is 9.51. The van der Waals surface area contributed by atoms with E-state index in [9.17, 15) is 4.79 Å². The molecule has 2 atom stereocenters. The van der Waals surface area contributed by atoms with Gasteiger partial charge in [0.15, 0.2) is 0 Å². The highest BCUT2D eigenvalue weighted by Gasteiger charge is 2.30. The van der Waals surface area contributed by atoms with E-state index in [2.05, 4.69) is 52.1 Å². The molecule has 1 saturated heterocycles. The van der Waals surface area contributed by atoms with Crippen LogP contribution < -0.4 is 10.1 Å². The van der Waals surface area contributed by atoms with Crippen molar-refractivity contribution in [2.45, 2.75) is 53.6 Å². The van der Waals surface area contributed by atoms with Gasteiger partial charge in [-0.25, -0.2) is 0 Å². The first-order chi connectivity index (χ1) is 12.2. The number of carbonyl (C=O) groups excluding carboxylic acids is 1. The molecule has 0 aromatic heterocycles. The monoisotopic (exact) mass is 362 g/mol. The number of carbonyl (C=O) groups is 1. The molecule has 0 aliphatic carbocycles. The molecular weight excluding hydrogens is 328 g/mol. The van der Waals surface area contributed by atoms with Crippen molar-refractivity contribution in [2.24, 2.45) is 5.41 Å². The summed E-state index contributed by atoms with van der Waals surface area (Å²) in [5.41, 5.74) is 2.24. The molecule has 0 saturated carbocycles. The summed E-state index contributed by atoms with van der Waals surface area (Å²) < 4.78 is 11.5. The molecule has 0 radical (unpaired) electrons. The molecule has 1 aliphatic heterocycles. The van der Waals surface area contributed by atoms with E-state index in [0.717, 1.165) is 16.9 Å². The first-order valence-corrected chi connectivity index (χ1v) is 9.51. The SMILES string of the molecule is Cc1cccc(C)c1OCC(NC(C)C(=O)N1CCOCC1)C(C)(C)C. The zero-order valence-electron chi connectivity index (χ0n) is 17.1. The second-order valence-corrected chi connectivity index (χ2v) is 8.28. The van der Waals surface area contributed by atoms with Crippen LogP contribution in [0.4, 0.5) is 0 Å². The van der Waals surface area contributed by atoms with E-state index in [0.29, 0.717) is 32.9 Å². The Morgan fingerprint density at radius 2 is 1.81 bits per heavy atom. The third kappa shape index (κ3) is 5.45. The molecule has 1 N–H and O–H groups in total. The van der Waals surface area contributed by atoms with Gasteiger partial charge in [0.2, 0.25) is 5.91 Å². The van der Waals surface area contributed by atoms with Crippen LogP contribution in [0.25, 0.3) is 0 Å². The largest absolute Gasteiger partial charge is 0.491 e. The smallest absolute Gasteiger partial charge is 0.239 e. The molecule has 5 heteroatoms. The number of ether oxygens (including phenoxy) is 2. The van der Waals surface area contributed by atoms with E-state index in [1.807, 2.05) is 17.9 Å². The molecule has 2 rings (SSSR count). The summed E-state index contributed by atoms with van der Waals surface area (Å²) in [6.45, 7) is 15.7. The maximum Gasteiger partial charge on any atom is 0.239 e. The quantitative estimate of drug-likeness (QED) is 0.845. The second kappa shape index (κ2) is 8.87. The Morgan fingerprint density at radius 1 is 1.23 bits per heavy atom. The predicted molar refractivity (Wildman–Crippen MR) is 105 cm³/mol. The van der Waals surface area contributed by atoms with Crippen LogP contribution in [-0.4, -0.2) is 55.8 Å². The van der Waals surface area contributed by atoms with Crippen molar-refractivity contribution in [3.63, 3.8) is 0 Å². The number of aryl methyl sites for hydroxylation is 2. The maximum atomic E-state index is 12.7. The van der Waals surface area contributed by atoms with Crippen LogP contribution in [0.3, 0.4) is 0 Å². The Kier molecular flexibility index (Phi) is 7.07. The van der Waals surface area contributed by atoms with Crippen molar-refractivity contribution in [1.82, 2.24) is 10.2 Å². The lowest BCUT2D eigenvalue weighted by molar-refractivity contribution is -0.137. The van der Waals surface area contributed by atoms with E-state index in [-0.39, 0.29) is 23.4 Å². The number of hydrogen-bond acceptors (Lipinski definition) is 4. The molecular formula is C21H34N2O3. The van der Waals surface area contributed by atoms with Gasteiger partial charge in [0, 0.05) is 19.1 Å². The molecule has 1 aromatic rings. The molecule has 26 heavy (non-hydrogen) atoms. The number of rotatable bonds is 6. The average Bonchev–Trinajstić information content (AvgIpc) is 2.59. The van der Waals surface area contributed by atoms with Gasteiger partial charge in [0.05, 0.1) is 19.3 Å². The summed E-state index contributed by atoms with van der Waals surface area (Å²) >= 11 is 0. The van der Waals surface area contributed by atoms with Gasteiger partial charge in [0.25, 0.3) is 0 Å². The van der Waals surface area contributed by atoms with Crippen molar-refractivity contribution in [1.29, 1.82) is 0 Å². The Morgan fingerprint density at radius 3 is 2.35 bits per heavy atom. The van der Waals surface area contributed by atoms with Gasteiger partial charge >= 0.3 is 0 Å². The van der Waals surface area contributed by atoms with Gasteiger partial charge in [-0.05, 0) is 37.3 Å².